The van der Waals surface area contributed by atoms with Crippen LogP contribution in [0.4, 0.5) is 0 Å². The summed E-state index contributed by atoms with van der Waals surface area (Å²) in [6, 6.07) is 2.80. The van der Waals surface area contributed by atoms with E-state index in [-0.39, 0.29) is 12.0 Å². The third kappa shape index (κ3) is 2.51. The average Bonchev–Trinajstić information content (AvgIpc) is 2.40. The van der Waals surface area contributed by atoms with Crippen molar-refractivity contribution in [3.8, 4) is 0 Å². The number of carbonyl (C=O) groups excluding carboxylic acids is 1. The van der Waals surface area contributed by atoms with Crippen LogP contribution in [0.1, 0.15) is 19.3 Å². The van der Waals surface area contributed by atoms with E-state index in [0.717, 1.165) is 19.3 Å². The summed E-state index contributed by atoms with van der Waals surface area (Å²) in [5.41, 5.74) is 0. The lowest BCUT2D eigenvalue weighted by molar-refractivity contribution is -0.146. The molecule has 2 aliphatic heterocycles. The summed E-state index contributed by atoms with van der Waals surface area (Å²) in [5.74, 6) is 0.0607. The Labute approximate surface area is 107 Å². The van der Waals surface area contributed by atoms with E-state index in [1.165, 1.54) is 12.1 Å². The molecule has 0 N–H and O–H groups in total. The minimum absolute atomic E-state index is 0.0607. The molecule has 0 saturated carbocycles. The van der Waals surface area contributed by atoms with Gasteiger partial charge >= 0.3 is 5.97 Å². The van der Waals surface area contributed by atoms with Gasteiger partial charge in [0.2, 0.25) is 0 Å². The molecule has 2 saturated heterocycles. The molecule has 3 nitrogen and oxygen atoms in total. The monoisotopic (exact) mass is 271 g/mol. The van der Waals surface area contributed by atoms with Crippen LogP contribution in [0.2, 0.25) is 38.3 Å². The Bertz CT molecular complexity index is 302. The van der Waals surface area contributed by atoms with Gasteiger partial charge in [-0.05, 0) is 31.4 Å². The maximum Gasteiger partial charge on any atom is 0.322 e. The van der Waals surface area contributed by atoms with E-state index in [2.05, 4.69) is 30.4 Å². The summed E-state index contributed by atoms with van der Waals surface area (Å²) in [5, 5.41) is 0. The van der Waals surface area contributed by atoms with E-state index in [9.17, 15) is 4.79 Å². The second-order valence-corrected chi connectivity index (χ2v) is 16.3. The highest BCUT2D eigenvalue weighted by Gasteiger charge is 2.52. The smallest absolute Gasteiger partial charge is 0.322 e. The molecule has 0 amide bonds. The molecule has 1 unspecified atom stereocenters. The van der Waals surface area contributed by atoms with Crippen LogP contribution in [-0.4, -0.2) is 39.3 Å². The molecule has 2 rings (SSSR count). The topological polar surface area (TPSA) is 29.5 Å². The number of nitrogens with zero attached hydrogens (tertiary/aromatic N) is 1. The highest BCUT2D eigenvalue weighted by Crippen LogP contribution is 2.40. The molecule has 0 aromatic heterocycles. The predicted octanol–water partition coefficient (Wildman–Crippen LogP) is 2.81. The van der Waals surface area contributed by atoms with Crippen molar-refractivity contribution in [1.82, 2.24) is 4.23 Å². The molecule has 0 aliphatic carbocycles. The van der Waals surface area contributed by atoms with Crippen LogP contribution in [0, 0.1) is 0 Å². The second-order valence-electron chi connectivity index (χ2n) is 6.67. The van der Waals surface area contributed by atoms with Crippen molar-refractivity contribution in [1.29, 1.82) is 0 Å². The van der Waals surface area contributed by atoms with E-state index >= 15 is 0 Å². The molecular formula is C12H25NO2Si2. The minimum Gasteiger partial charge on any atom is -0.465 e. The Balaban J connectivity index is 2.26. The molecule has 98 valence electrons. The Kier molecular flexibility index (Phi) is 3.53. The van der Waals surface area contributed by atoms with Crippen LogP contribution in [0.3, 0.4) is 0 Å². The summed E-state index contributed by atoms with van der Waals surface area (Å²) in [7, 11) is -2.72. The van der Waals surface area contributed by atoms with Crippen molar-refractivity contribution in [2.45, 2.75) is 63.6 Å². The number of esters is 1. The fraction of sp³-hybridized carbons (Fsp3) is 0.917. The summed E-state index contributed by atoms with van der Waals surface area (Å²) < 4.78 is 8.07. The summed E-state index contributed by atoms with van der Waals surface area (Å²) in [6.07, 6.45) is 3.20. The molecule has 2 heterocycles. The second kappa shape index (κ2) is 4.51. The van der Waals surface area contributed by atoms with Crippen LogP contribution in [0.15, 0.2) is 0 Å². The van der Waals surface area contributed by atoms with Gasteiger partial charge in [0.15, 0.2) is 0 Å². The van der Waals surface area contributed by atoms with E-state index in [0.29, 0.717) is 6.61 Å². The Morgan fingerprint density at radius 3 is 2.29 bits per heavy atom. The average molecular weight is 272 g/mol. The lowest BCUT2D eigenvalue weighted by Gasteiger charge is -2.43. The van der Waals surface area contributed by atoms with Gasteiger partial charge < -0.3 is 8.97 Å². The third-order valence-corrected chi connectivity index (χ3v) is 14.7. The number of cyclic esters (lactones) is 1. The quantitative estimate of drug-likeness (QED) is 0.542. The van der Waals surface area contributed by atoms with Gasteiger partial charge in [-0.1, -0.05) is 26.2 Å². The molecule has 0 aromatic carbocycles. The highest BCUT2D eigenvalue weighted by atomic mass is 28.4. The van der Waals surface area contributed by atoms with Crippen LogP contribution in [-0.2, 0) is 9.53 Å². The third-order valence-electron chi connectivity index (χ3n) is 4.35. The first kappa shape index (κ1) is 13.3. The fourth-order valence-corrected chi connectivity index (χ4v) is 18.3. The molecule has 5 heteroatoms. The Hall–Kier alpha value is -0.136. The van der Waals surface area contributed by atoms with E-state index in [4.69, 9.17) is 4.74 Å². The first-order valence-electron chi connectivity index (χ1n) is 6.81. The summed E-state index contributed by atoms with van der Waals surface area (Å²) in [4.78, 5) is 12.2. The van der Waals surface area contributed by atoms with E-state index in [1.807, 2.05) is 0 Å². The molecule has 1 atom stereocenters. The molecule has 17 heavy (non-hydrogen) atoms. The molecule has 0 aromatic rings. The zero-order valence-corrected chi connectivity index (χ0v) is 13.6. The summed E-state index contributed by atoms with van der Waals surface area (Å²) in [6.45, 7) is 10.3. The van der Waals surface area contributed by atoms with Gasteiger partial charge in [-0.2, -0.15) is 0 Å². The maximum absolute atomic E-state index is 12.2. The van der Waals surface area contributed by atoms with Gasteiger partial charge in [0.05, 0.1) is 12.6 Å². The number of ether oxygens (including phenoxy) is 1. The Morgan fingerprint density at radius 2 is 1.71 bits per heavy atom. The molecule has 0 spiro atoms. The number of hydrogen-bond donors (Lipinski definition) is 0. The van der Waals surface area contributed by atoms with Crippen molar-refractivity contribution in [2.24, 2.45) is 0 Å². The predicted molar refractivity (Wildman–Crippen MR) is 75.0 cm³/mol. The van der Waals surface area contributed by atoms with Crippen LogP contribution in [0.25, 0.3) is 0 Å². The summed E-state index contributed by atoms with van der Waals surface area (Å²) >= 11 is 0. The van der Waals surface area contributed by atoms with Crippen LogP contribution < -0.4 is 0 Å². The molecule has 0 radical (unpaired) electrons. The fourth-order valence-electron chi connectivity index (χ4n) is 3.58. The lowest BCUT2D eigenvalue weighted by atomic mass is 10.1. The van der Waals surface area contributed by atoms with Crippen molar-refractivity contribution < 1.29 is 9.53 Å². The number of carbonyl (C=O) groups is 1. The SMILES string of the molecule is C[Si]1(C)CC[Si](C)(C)N1C1CCCCOC1=O. The molecule has 0 bridgehead atoms. The minimum atomic E-state index is -1.36. The van der Waals surface area contributed by atoms with E-state index in [1.54, 1.807) is 0 Å². The van der Waals surface area contributed by atoms with Crippen LogP contribution >= 0.6 is 0 Å². The zero-order chi connectivity index (χ0) is 12.7. The molecule has 2 aliphatic rings. The molecule has 2 fully saturated rings. The highest BCUT2D eigenvalue weighted by molar-refractivity contribution is 6.95. The van der Waals surface area contributed by atoms with Crippen molar-refractivity contribution in [3.05, 3.63) is 0 Å². The van der Waals surface area contributed by atoms with Gasteiger partial charge in [0.1, 0.15) is 16.5 Å². The largest absolute Gasteiger partial charge is 0.465 e. The maximum atomic E-state index is 12.2. The molecular weight excluding hydrogens is 246 g/mol. The van der Waals surface area contributed by atoms with Gasteiger partial charge in [0.25, 0.3) is 0 Å². The van der Waals surface area contributed by atoms with Gasteiger partial charge in [-0.25, -0.2) is 0 Å². The van der Waals surface area contributed by atoms with E-state index < -0.39 is 16.5 Å². The van der Waals surface area contributed by atoms with Gasteiger partial charge in [0, 0.05) is 0 Å². The first-order valence-corrected chi connectivity index (χ1v) is 13.1. The van der Waals surface area contributed by atoms with Crippen molar-refractivity contribution in [3.63, 3.8) is 0 Å². The van der Waals surface area contributed by atoms with Crippen molar-refractivity contribution >= 4 is 22.4 Å². The van der Waals surface area contributed by atoms with Gasteiger partial charge in [-0.15, -0.1) is 0 Å². The number of rotatable bonds is 1. The number of hydrogen-bond acceptors (Lipinski definition) is 3. The van der Waals surface area contributed by atoms with Crippen molar-refractivity contribution in [2.75, 3.05) is 6.61 Å². The normalized spacial score (nSPS) is 33.2. The standard InChI is InChI=1S/C12H25NO2Si2/c1-16(2)9-10-17(3,4)13(16)11-7-5-6-8-15-12(11)14/h11H,5-10H2,1-4H3. The van der Waals surface area contributed by atoms with Gasteiger partial charge in [-0.3, -0.25) is 4.79 Å². The zero-order valence-electron chi connectivity index (χ0n) is 11.6. The van der Waals surface area contributed by atoms with Crippen LogP contribution in [0.5, 0.6) is 0 Å². The first-order chi connectivity index (χ1) is 7.84. The Morgan fingerprint density at radius 1 is 1.12 bits per heavy atom. The lowest BCUT2D eigenvalue weighted by Crippen LogP contribution is -2.61.